The molecule has 8 heteroatoms. The van der Waals surface area contributed by atoms with E-state index in [0.29, 0.717) is 34.3 Å². The second-order valence-corrected chi connectivity index (χ2v) is 10.4. The summed E-state index contributed by atoms with van der Waals surface area (Å²) in [5.41, 5.74) is 3.40. The maximum absolute atomic E-state index is 13.8. The van der Waals surface area contributed by atoms with E-state index in [2.05, 4.69) is 12.1 Å². The quantitative estimate of drug-likeness (QED) is 0.291. The fraction of sp³-hybridized carbons (Fsp3) is 0.179. The molecule has 2 heterocycles. The average molecular weight is 516 g/mol. The molecular formula is C28H25N3O3S2. The Bertz CT molecular complexity index is 1400. The molecule has 6 nitrogen and oxygen atoms in total. The van der Waals surface area contributed by atoms with Gasteiger partial charge in [0.1, 0.15) is 10.7 Å². The molecular weight excluding hydrogens is 490 g/mol. The lowest BCUT2D eigenvalue weighted by Crippen LogP contribution is -2.31. The number of Topliss-reactive ketones (excluding diaryl/α,β-unsaturated/α-hetero) is 1. The Balaban J connectivity index is 1.51. The van der Waals surface area contributed by atoms with Crippen LogP contribution in [0.4, 0.5) is 11.4 Å². The van der Waals surface area contributed by atoms with Crippen LogP contribution < -0.4 is 9.64 Å². The summed E-state index contributed by atoms with van der Waals surface area (Å²) in [6.45, 7) is 2.04. The predicted molar refractivity (Wildman–Crippen MR) is 147 cm³/mol. The van der Waals surface area contributed by atoms with E-state index in [1.165, 1.54) is 18.7 Å². The van der Waals surface area contributed by atoms with Gasteiger partial charge in [-0.3, -0.25) is 14.5 Å². The Labute approximate surface area is 219 Å². The minimum absolute atomic E-state index is 0.0203. The molecule has 0 bridgehead atoms. The van der Waals surface area contributed by atoms with Gasteiger partial charge < -0.3 is 9.64 Å². The van der Waals surface area contributed by atoms with Crippen molar-refractivity contribution in [3.8, 4) is 5.75 Å². The van der Waals surface area contributed by atoms with Gasteiger partial charge in [0.2, 0.25) is 0 Å². The first-order chi connectivity index (χ1) is 17.4. The van der Waals surface area contributed by atoms with Crippen LogP contribution in [0, 0.1) is 0 Å². The van der Waals surface area contributed by atoms with E-state index in [0.717, 1.165) is 26.9 Å². The molecule has 0 aliphatic carbocycles. The second-order valence-electron chi connectivity index (χ2n) is 8.42. The normalized spacial score (nSPS) is 18.2. The average Bonchev–Trinajstić information content (AvgIpc) is 3.38. The zero-order chi connectivity index (χ0) is 25.2. The van der Waals surface area contributed by atoms with Crippen LogP contribution in [0.3, 0.4) is 0 Å². The van der Waals surface area contributed by atoms with Gasteiger partial charge in [-0.15, -0.1) is 0 Å². The van der Waals surface area contributed by atoms with Crippen molar-refractivity contribution in [1.82, 2.24) is 4.90 Å². The first-order valence-corrected chi connectivity index (χ1v) is 13.1. The van der Waals surface area contributed by atoms with Crippen molar-refractivity contribution in [3.63, 3.8) is 0 Å². The minimum atomic E-state index is -0.0634. The van der Waals surface area contributed by atoms with Gasteiger partial charge in [0.05, 0.1) is 23.5 Å². The molecule has 2 aliphatic heterocycles. The number of thioether (sulfide) groups is 2. The number of benzene rings is 3. The maximum atomic E-state index is 13.8. The van der Waals surface area contributed by atoms with Crippen LogP contribution in [0.2, 0.25) is 0 Å². The molecule has 0 saturated carbocycles. The molecule has 1 saturated heterocycles. The molecule has 0 atom stereocenters. The number of rotatable bonds is 6. The number of carbonyl (C=O) groups is 2. The van der Waals surface area contributed by atoms with Crippen molar-refractivity contribution in [2.24, 2.45) is 4.99 Å². The van der Waals surface area contributed by atoms with Crippen LogP contribution in [0.15, 0.2) is 92.6 Å². The predicted octanol–water partition coefficient (Wildman–Crippen LogP) is 6.11. The van der Waals surface area contributed by atoms with Gasteiger partial charge >= 0.3 is 0 Å². The van der Waals surface area contributed by atoms with E-state index >= 15 is 0 Å². The van der Waals surface area contributed by atoms with Crippen LogP contribution in [-0.2, 0) is 11.2 Å². The molecule has 3 aromatic rings. The van der Waals surface area contributed by atoms with Gasteiger partial charge in [-0.05, 0) is 54.9 Å². The SMILES string of the molecule is COc1ccc2c(c1)N(C)C(=C1SC(=Nc3cccc(C(C)=O)c3)N(CCc3ccccc3)C1=O)S2. The van der Waals surface area contributed by atoms with Crippen molar-refractivity contribution in [3.05, 3.63) is 93.9 Å². The van der Waals surface area contributed by atoms with E-state index < -0.39 is 0 Å². The number of ether oxygens (including phenoxy) is 1. The molecule has 1 amide bonds. The maximum Gasteiger partial charge on any atom is 0.269 e. The van der Waals surface area contributed by atoms with Crippen LogP contribution in [0.25, 0.3) is 0 Å². The van der Waals surface area contributed by atoms with Crippen molar-refractivity contribution in [1.29, 1.82) is 0 Å². The Morgan fingerprint density at radius 2 is 1.81 bits per heavy atom. The topological polar surface area (TPSA) is 62.2 Å². The number of amidine groups is 1. The zero-order valence-corrected chi connectivity index (χ0v) is 21.9. The molecule has 0 unspecified atom stereocenters. The highest BCUT2D eigenvalue weighted by Gasteiger charge is 2.39. The number of methoxy groups -OCH3 is 1. The molecule has 36 heavy (non-hydrogen) atoms. The Hall–Kier alpha value is -3.49. The first kappa shape index (κ1) is 24.2. The summed E-state index contributed by atoms with van der Waals surface area (Å²) in [5, 5.41) is 1.49. The summed E-state index contributed by atoms with van der Waals surface area (Å²) >= 11 is 2.96. The lowest BCUT2D eigenvalue weighted by Gasteiger charge is -2.17. The molecule has 1 fully saturated rings. The highest BCUT2D eigenvalue weighted by Crippen LogP contribution is 2.51. The van der Waals surface area contributed by atoms with Crippen LogP contribution in [0.5, 0.6) is 5.75 Å². The van der Waals surface area contributed by atoms with Crippen LogP contribution >= 0.6 is 23.5 Å². The first-order valence-electron chi connectivity index (χ1n) is 11.5. The van der Waals surface area contributed by atoms with Gasteiger partial charge in [0.15, 0.2) is 11.0 Å². The lowest BCUT2D eigenvalue weighted by molar-refractivity contribution is -0.122. The van der Waals surface area contributed by atoms with E-state index in [9.17, 15) is 9.59 Å². The minimum Gasteiger partial charge on any atom is -0.497 e. The van der Waals surface area contributed by atoms with Crippen molar-refractivity contribution in [2.45, 2.75) is 18.2 Å². The molecule has 0 radical (unpaired) electrons. The fourth-order valence-electron chi connectivity index (χ4n) is 4.06. The van der Waals surface area contributed by atoms with Gasteiger partial charge in [0, 0.05) is 30.1 Å². The number of fused-ring (bicyclic) bond motifs is 1. The number of amides is 1. The number of hydrogen-bond donors (Lipinski definition) is 0. The third-order valence-corrected chi connectivity index (χ3v) is 8.47. The largest absolute Gasteiger partial charge is 0.497 e. The molecule has 0 aromatic heterocycles. The van der Waals surface area contributed by atoms with Crippen molar-refractivity contribution >= 4 is 51.8 Å². The number of ketones is 1. The lowest BCUT2D eigenvalue weighted by atomic mass is 10.1. The molecule has 2 aliphatic rings. The number of hydrogen-bond acceptors (Lipinski definition) is 7. The van der Waals surface area contributed by atoms with Crippen molar-refractivity contribution in [2.75, 3.05) is 25.6 Å². The molecule has 0 N–H and O–H groups in total. The number of anilines is 1. The standard InChI is InChI=1S/C28H25N3O3S2/c1-18(32)20-10-7-11-21(16-20)29-28-31(15-14-19-8-5-4-6-9-19)26(33)25(36-28)27-30(2)23-17-22(34-3)12-13-24(23)35-27/h4-13,16-17H,14-15H2,1-3H3. The van der Waals surface area contributed by atoms with Gasteiger partial charge in [0.25, 0.3) is 5.91 Å². The Kier molecular flexibility index (Phi) is 6.89. The third kappa shape index (κ3) is 4.79. The molecule has 5 rings (SSSR count). The molecule has 0 spiro atoms. The van der Waals surface area contributed by atoms with E-state index in [-0.39, 0.29) is 11.7 Å². The Morgan fingerprint density at radius 3 is 2.56 bits per heavy atom. The van der Waals surface area contributed by atoms with Crippen LogP contribution in [0.1, 0.15) is 22.8 Å². The summed E-state index contributed by atoms with van der Waals surface area (Å²) < 4.78 is 5.40. The molecule has 182 valence electrons. The van der Waals surface area contributed by atoms with Gasteiger partial charge in [-0.25, -0.2) is 4.99 Å². The monoisotopic (exact) mass is 515 g/mol. The number of aliphatic imine (C=N–C) groups is 1. The molecule has 3 aromatic carbocycles. The highest BCUT2D eigenvalue weighted by molar-refractivity contribution is 8.19. The highest BCUT2D eigenvalue weighted by atomic mass is 32.2. The van der Waals surface area contributed by atoms with E-state index in [4.69, 9.17) is 9.73 Å². The summed E-state index contributed by atoms with van der Waals surface area (Å²) in [5.74, 6) is 0.689. The number of nitrogens with zero attached hydrogens (tertiary/aromatic N) is 3. The summed E-state index contributed by atoms with van der Waals surface area (Å²) in [6.07, 6.45) is 0.711. The van der Waals surface area contributed by atoms with Gasteiger partial charge in [-0.2, -0.15) is 0 Å². The van der Waals surface area contributed by atoms with E-state index in [1.54, 1.807) is 35.9 Å². The second kappa shape index (κ2) is 10.2. The fourth-order valence-corrected chi connectivity index (χ4v) is 6.41. The van der Waals surface area contributed by atoms with Crippen LogP contribution in [-0.4, -0.2) is 42.5 Å². The zero-order valence-electron chi connectivity index (χ0n) is 20.2. The van der Waals surface area contributed by atoms with E-state index in [1.807, 2.05) is 60.5 Å². The van der Waals surface area contributed by atoms with Crippen molar-refractivity contribution < 1.29 is 14.3 Å². The smallest absolute Gasteiger partial charge is 0.269 e. The third-order valence-electron chi connectivity index (χ3n) is 6.04. The van der Waals surface area contributed by atoms with Gasteiger partial charge in [-0.1, -0.05) is 54.2 Å². The summed E-state index contributed by atoms with van der Waals surface area (Å²) in [7, 11) is 3.61. The number of carbonyl (C=O) groups excluding carboxylic acids is 2. The Morgan fingerprint density at radius 1 is 1.00 bits per heavy atom. The summed E-state index contributed by atoms with van der Waals surface area (Å²) in [4.78, 5) is 36.0. The summed E-state index contributed by atoms with van der Waals surface area (Å²) in [6, 6.07) is 23.2.